The average Bonchev–Trinajstić information content (AvgIpc) is 2.95. The minimum atomic E-state index is -0.840. The van der Waals surface area contributed by atoms with Crippen molar-refractivity contribution in [2.75, 3.05) is 19.6 Å². The Morgan fingerprint density at radius 1 is 0.875 bits per heavy atom. The summed E-state index contributed by atoms with van der Waals surface area (Å²) in [4.78, 5) is 31.8. The summed E-state index contributed by atoms with van der Waals surface area (Å²) in [5.41, 5.74) is 2.28. The zero-order valence-electron chi connectivity index (χ0n) is 23.9. The molecule has 5 rings (SSSR count). The number of benzene rings is 2. The van der Waals surface area contributed by atoms with Gasteiger partial charge in [-0.25, -0.2) is 0 Å². The van der Waals surface area contributed by atoms with Crippen molar-refractivity contribution < 1.29 is 14.7 Å². The van der Waals surface area contributed by atoms with Crippen molar-refractivity contribution in [2.24, 2.45) is 0 Å². The number of amides is 2. The van der Waals surface area contributed by atoms with Crippen LogP contribution < -0.4 is 5.32 Å². The highest BCUT2D eigenvalue weighted by Crippen LogP contribution is 2.37. The first kappa shape index (κ1) is 30.5. The molecule has 0 aromatic heterocycles. The zero-order chi connectivity index (χ0) is 27.3. The standard InChI is InChI=1S/C33H45N3O3.ClH/c1-2-3-20-36-30(37)29(24-32(39)16-8-5-9-17-32)34-31(38)33(36)18-21-35(22-19-33)25-28-14-12-27(13-15-28)23-26-10-6-4-7-11-26;/h4,6-7,10-15,29,39H,2-3,5,8-9,16-25H2,1H3,(H,34,38);1H/t29-;/m1./s1. The number of rotatable bonds is 9. The van der Waals surface area contributed by atoms with Crippen LogP contribution in [0.4, 0.5) is 0 Å². The lowest BCUT2D eigenvalue weighted by molar-refractivity contribution is -0.163. The summed E-state index contributed by atoms with van der Waals surface area (Å²) in [5.74, 6) is -0.0166. The van der Waals surface area contributed by atoms with E-state index in [9.17, 15) is 14.7 Å². The van der Waals surface area contributed by atoms with Gasteiger partial charge in [-0.3, -0.25) is 14.5 Å². The van der Waals surface area contributed by atoms with E-state index in [2.05, 4.69) is 65.7 Å². The third-order valence-corrected chi connectivity index (χ3v) is 9.28. The number of nitrogens with zero attached hydrogens (tertiary/aromatic N) is 2. The van der Waals surface area contributed by atoms with Crippen LogP contribution in [0.15, 0.2) is 54.6 Å². The molecule has 6 nitrogen and oxygen atoms in total. The van der Waals surface area contributed by atoms with Gasteiger partial charge in [0.2, 0.25) is 11.8 Å². The highest BCUT2D eigenvalue weighted by molar-refractivity contribution is 6.00. The molecule has 2 aromatic rings. The molecule has 218 valence electrons. The Hall–Kier alpha value is -2.41. The molecule has 0 unspecified atom stereocenters. The number of halogens is 1. The minimum absolute atomic E-state index is 0. The van der Waals surface area contributed by atoms with Gasteiger partial charge in [0.05, 0.1) is 5.60 Å². The molecular weight excluding hydrogens is 522 g/mol. The number of nitrogens with one attached hydrogen (secondary N) is 1. The van der Waals surface area contributed by atoms with Crippen LogP contribution in [0.2, 0.25) is 0 Å². The quantitative estimate of drug-likeness (QED) is 0.434. The second kappa shape index (κ2) is 13.5. The van der Waals surface area contributed by atoms with Gasteiger partial charge >= 0.3 is 0 Å². The van der Waals surface area contributed by atoms with Crippen LogP contribution in [-0.2, 0) is 22.6 Å². The van der Waals surface area contributed by atoms with Gasteiger partial charge in [0.1, 0.15) is 11.6 Å². The summed E-state index contributed by atoms with van der Waals surface area (Å²) in [5, 5.41) is 14.2. The third-order valence-electron chi connectivity index (χ3n) is 9.28. The Morgan fingerprint density at radius 2 is 1.50 bits per heavy atom. The summed E-state index contributed by atoms with van der Waals surface area (Å²) < 4.78 is 0. The number of aliphatic hydroxyl groups is 1. The first-order chi connectivity index (χ1) is 18.9. The largest absolute Gasteiger partial charge is 0.390 e. The van der Waals surface area contributed by atoms with E-state index in [0.29, 0.717) is 25.8 Å². The molecule has 2 N–H and O–H groups in total. The Kier molecular flexibility index (Phi) is 10.3. The lowest BCUT2D eigenvalue weighted by atomic mass is 9.77. The maximum atomic E-state index is 13.8. The molecule has 1 saturated carbocycles. The fourth-order valence-electron chi connectivity index (χ4n) is 6.88. The smallest absolute Gasteiger partial charge is 0.246 e. The zero-order valence-corrected chi connectivity index (χ0v) is 24.8. The molecule has 40 heavy (non-hydrogen) atoms. The van der Waals surface area contributed by atoms with Crippen LogP contribution in [0, 0.1) is 0 Å². The van der Waals surface area contributed by atoms with Crippen LogP contribution in [0.3, 0.4) is 0 Å². The molecule has 3 aliphatic rings. The van der Waals surface area contributed by atoms with Crippen molar-refractivity contribution in [1.82, 2.24) is 15.1 Å². The van der Waals surface area contributed by atoms with E-state index in [1.807, 2.05) is 11.0 Å². The van der Waals surface area contributed by atoms with Gasteiger partial charge in [-0.2, -0.15) is 0 Å². The Labute approximate surface area is 245 Å². The molecular formula is C33H46ClN3O3. The van der Waals surface area contributed by atoms with Gasteiger partial charge in [0.15, 0.2) is 0 Å². The van der Waals surface area contributed by atoms with Crippen LogP contribution in [0.5, 0.6) is 0 Å². The first-order valence-electron chi connectivity index (χ1n) is 15.1. The number of likely N-dealkylation sites (tertiary alicyclic amines) is 1. The molecule has 0 radical (unpaired) electrons. The minimum Gasteiger partial charge on any atom is -0.390 e. The predicted octanol–water partition coefficient (Wildman–Crippen LogP) is 5.25. The summed E-state index contributed by atoms with van der Waals surface area (Å²) in [6, 6.07) is 18.8. The van der Waals surface area contributed by atoms with Gasteiger partial charge < -0.3 is 15.3 Å². The van der Waals surface area contributed by atoms with Crippen LogP contribution >= 0.6 is 12.4 Å². The summed E-state index contributed by atoms with van der Waals surface area (Å²) in [7, 11) is 0. The summed E-state index contributed by atoms with van der Waals surface area (Å²) in [6.07, 6.45) is 8.97. The third kappa shape index (κ3) is 6.89. The van der Waals surface area contributed by atoms with E-state index in [1.54, 1.807) is 0 Å². The van der Waals surface area contributed by atoms with Gasteiger partial charge in [0.25, 0.3) is 0 Å². The Balaban J connectivity index is 0.00000370. The normalized spacial score (nSPS) is 22.6. The molecule has 0 bridgehead atoms. The van der Waals surface area contributed by atoms with Crippen molar-refractivity contribution in [3.8, 4) is 0 Å². The lowest BCUT2D eigenvalue weighted by Crippen LogP contribution is -2.73. The molecule has 2 aliphatic heterocycles. The Morgan fingerprint density at radius 3 is 2.15 bits per heavy atom. The summed E-state index contributed by atoms with van der Waals surface area (Å²) in [6.45, 7) is 5.15. The van der Waals surface area contributed by atoms with Gasteiger partial charge in [-0.1, -0.05) is 87.2 Å². The van der Waals surface area contributed by atoms with E-state index in [-0.39, 0.29) is 24.2 Å². The van der Waals surface area contributed by atoms with Crippen LogP contribution in [0.25, 0.3) is 0 Å². The number of piperidine rings is 1. The molecule has 1 spiro atoms. The molecule has 2 amide bonds. The van der Waals surface area contributed by atoms with Crippen molar-refractivity contribution in [3.05, 3.63) is 71.3 Å². The molecule has 1 atom stereocenters. The lowest BCUT2D eigenvalue weighted by Gasteiger charge is -2.52. The van der Waals surface area contributed by atoms with Gasteiger partial charge in [0, 0.05) is 32.6 Å². The van der Waals surface area contributed by atoms with E-state index in [0.717, 1.165) is 71.0 Å². The fourth-order valence-corrected chi connectivity index (χ4v) is 6.88. The number of hydrogen-bond acceptors (Lipinski definition) is 4. The topological polar surface area (TPSA) is 72.9 Å². The van der Waals surface area contributed by atoms with E-state index in [4.69, 9.17) is 0 Å². The predicted molar refractivity (Wildman–Crippen MR) is 161 cm³/mol. The number of carbonyl (C=O) groups excluding carboxylic acids is 2. The van der Waals surface area contributed by atoms with Crippen molar-refractivity contribution >= 4 is 24.2 Å². The van der Waals surface area contributed by atoms with E-state index in [1.165, 1.54) is 16.7 Å². The average molecular weight is 568 g/mol. The van der Waals surface area contributed by atoms with E-state index < -0.39 is 17.2 Å². The highest BCUT2D eigenvalue weighted by Gasteiger charge is 2.54. The summed E-state index contributed by atoms with van der Waals surface area (Å²) >= 11 is 0. The number of hydrogen-bond donors (Lipinski definition) is 2. The molecule has 2 saturated heterocycles. The Bertz CT molecular complexity index is 1110. The molecule has 3 fully saturated rings. The maximum absolute atomic E-state index is 13.8. The molecule has 2 heterocycles. The molecule has 2 aromatic carbocycles. The fraction of sp³-hybridized carbons (Fsp3) is 0.576. The van der Waals surface area contributed by atoms with Gasteiger partial charge in [-0.05, 0) is 55.2 Å². The highest BCUT2D eigenvalue weighted by atomic mass is 35.5. The number of unbranched alkanes of at least 4 members (excludes halogenated alkanes) is 1. The van der Waals surface area contributed by atoms with Crippen molar-refractivity contribution in [3.63, 3.8) is 0 Å². The first-order valence-corrected chi connectivity index (χ1v) is 15.1. The van der Waals surface area contributed by atoms with Gasteiger partial charge in [-0.15, -0.1) is 12.4 Å². The van der Waals surface area contributed by atoms with Crippen molar-refractivity contribution in [2.45, 2.75) is 101 Å². The van der Waals surface area contributed by atoms with Crippen LogP contribution in [-0.4, -0.2) is 63.5 Å². The van der Waals surface area contributed by atoms with Crippen molar-refractivity contribution in [1.29, 1.82) is 0 Å². The second-order valence-corrected chi connectivity index (χ2v) is 12.1. The molecule has 1 aliphatic carbocycles. The van der Waals surface area contributed by atoms with E-state index >= 15 is 0 Å². The second-order valence-electron chi connectivity index (χ2n) is 12.1. The van der Waals surface area contributed by atoms with Crippen LogP contribution in [0.1, 0.15) is 87.8 Å². The number of piperazine rings is 1. The SMILES string of the molecule is CCCCN1C(=O)[C@@H](CC2(O)CCCCC2)NC(=O)C12CCN(Cc1ccc(Cc3ccccc3)cc1)CC2.Cl. The monoisotopic (exact) mass is 567 g/mol. The molecule has 7 heteroatoms. The number of carbonyl (C=O) groups is 2. The maximum Gasteiger partial charge on any atom is 0.246 e.